The molecule has 0 spiro atoms. The first kappa shape index (κ1) is 14.1. The van der Waals surface area contributed by atoms with Crippen LogP contribution < -0.4 is 0 Å². The number of para-hydroxylation sites is 1. The van der Waals surface area contributed by atoms with Gasteiger partial charge in [0.25, 0.3) is 0 Å². The highest BCUT2D eigenvalue weighted by Gasteiger charge is 2.26. The van der Waals surface area contributed by atoms with Crippen molar-refractivity contribution in [3.63, 3.8) is 0 Å². The van der Waals surface area contributed by atoms with Gasteiger partial charge in [-0.25, -0.2) is 4.79 Å². The minimum Gasteiger partial charge on any atom is -0.504 e. The van der Waals surface area contributed by atoms with E-state index in [1.54, 1.807) is 11.5 Å². The van der Waals surface area contributed by atoms with Gasteiger partial charge in [-0.05, 0) is 50.9 Å². The molecule has 0 aliphatic carbocycles. The van der Waals surface area contributed by atoms with Crippen LogP contribution >= 0.6 is 31.9 Å². The molecule has 0 unspecified atom stereocenters. The van der Waals surface area contributed by atoms with E-state index < -0.39 is 5.97 Å². The number of carbonyl (C=O) groups is 1. The van der Waals surface area contributed by atoms with Gasteiger partial charge in [0.05, 0.1) is 11.1 Å². The van der Waals surface area contributed by atoms with Gasteiger partial charge < -0.3 is 9.84 Å². The lowest BCUT2D eigenvalue weighted by atomic mass is 10.3. The van der Waals surface area contributed by atoms with Crippen LogP contribution in [0.15, 0.2) is 39.4 Å². The third-order valence-corrected chi connectivity index (χ3v) is 4.55. The summed E-state index contributed by atoms with van der Waals surface area (Å²) in [7, 11) is 0. The van der Waals surface area contributed by atoms with Crippen molar-refractivity contribution in [1.29, 1.82) is 0 Å². The van der Waals surface area contributed by atoms with Crippen LogP contribution in [0.25, 0.3) is 5.69 Å². The lowest BCUT2D eigenvalue weighted by Gasteiger charge is -2.09. The average molecular weight is 389 g/mol. The summed E-state index contributed by atoms with van der Waals surface area (Å²) in [6, 6.07) is 9.24. The van der Waals surface area contributed by atoms with Crippen LogP contribution in [-0.2, 0) is 4.74 Å². The first-order valence-corrected chi connectivity index (χ1v) is 7.17. The minimum atomic E-state index is -0.574. The van der Waals surface area contributed by atoms with Crippen molar-refractivity contribution in [1.82, 2.24) is 4.57 Å². The molecule has 1 heterocycles. The number of ether oxygens (including phenoxy) is 1. The highest BCUT2D eigenvalue weighted by atomic mass is 79.9. The zero-order valence-corrected chi connectivity index (χ0v) is 13.2. The van der Waals surface area contributed by atoms with E-state index in [1.807, 2.05) is 30.3 Å². The quantitative estimate of drug-likeness (QED) is 0.811. The third kappa shape index (κ3) is 2.55. The molecule has 19 heavy (non-hydrogen) atoms. The topological polar surface area (TPSA) is 51.5 Å². The van der Waals surface area contributed by atoms with E-state index in [9.17, 15) is 9.90 Å². The van der Waals surface area contributed by atoms with E-state index in [4.69, 9.17) is 4.74 Å². The maximum atomic E-state index is 12.0. The molecular weight excluding hydrogens is 378 g/mol. The van der Waals surface area contributed by atoms with E-state index in [0.717, 1.165) is 5.69 Å². The number of halogens is 2. The van der Waals surface area contributed by atoms with Crippen LogP contribution in [-0.4, -0.2) is 22.2 Å². The Morgan fingerprint density at radius 3 is 2.53 bits per heavy atom. The smallest absolute Gasteiger partial charge is 0.359 e. The first-order valence-electron chi connectivity index (χ1n) is 5.59. The summed E-state index contributed by atoms with van der Waals surface area (Å²) >= 11 is 6.60. The predicted molar refractivity (Wildman–Crippen MR) is 78.8 cm³/mol. The largest absolute Gasteiger partial charge is 0.504 e. The zero-order valence-electron chi connectivity index (χ0n) is 10.1. The number of carbonyl (C=O) groups excluding carboxylic acids is 1. The van der Waals surface area contributed by atoms with Gasteiger partial charge in [-0.1, -0.05) is 18.2 Å². The van der Waals surface area contributed by atoms with Gasteiger partial charge >= 0.3 is 5.97 Å². The molecule has 1 aromatic carbocycles. The number of rotatable bonds is 3. The minimum absolute atomic E-state index is 0.0896. The molecule has 0 atom stereocenters. The van der Waals surface area contributed by atoms with Gasteiger partial charge in [0.2, 0.25) is 0 Å². The highest BCUT2D eigenvalue weighted by Crippen LogP contribution is 2.40. The van der Waals surface area contributed by atoms with Gasteiger partial charge in [0.1, 0.15) is 4.60 Å². The van der Waals surface area contributed by atoms with Gasteiger partial charge in [-0.2, -0.15) is 0 Å². The summed E-state index contributed by atoms with van der Waals surface area (Å²) in [5.41, 5.74) is 0.838. The summed E-state index contributed by atoms with van der Waals surface area (Å²) in [4.78, 5) is 12.0. The summed E-state index contributed by atoms with van der Waals surface area (Å²) in [6.07, 6.45) is 0. The van der Waals surface area contributed by atoms with Crippen LogP contribution in [0.5, 0.6) is 5.75 Å². The van der Waals surface area contributed by atoms with Gasteiger partial charge in [-0.15, -0.1) is 0 Å². The van der Waals surface area contributed by atoms with Crippen molar-refractivity contribution < 1.29 is 14.6 Å². The Morgan fingerprint density at radius 1 is 1.32 bits per heavy atom. The fraction of sp³-hybridized carbons (Fsp3) is 0.154. The molecule has 100 valence electrons. The molecule has 2 aromatic rings. The van der Waals surface area contributed by atoms with Crippen molar-refractivity contribution in [2.45, 2.75) is 6.92 Å². The van der Waals surface area contributed by atoms with Crippen molar-refractivity contribution in [3.05, 3.63) is 45.1 Å². The van der Waals surface area contributed by atoms with E-state index in [0.29, 0.717) is 9.08 Å². The molecule has 0 bridgehead atoms. The molecule has 0 fully saturated rings. The van der Waals surface area contributed by atoms with Crippen LogP contribution in [0, 0.1) is 0 Å². The Kier molecular flexibility index (Phi) is 4.31. The fourth-order valence-corrected chi connectivity index (χ4v) is 2.65. The van der Waals surface area contributed by atoms with Crippen LogP contribution in [0.2, 0.25) is 0 Å². The van der Waals surface area contributed by atoms with Crippen molar-refractivity contribution >= 4 is 37.8 Å². The lowest BCUT2D eigenvalue weighted by Crippen LogP contribution is -2.11. The molecule has 2 rings (SSSR count). The molecule has 0 radical (unpaired) electrons. The Balaban J connectivity index is 2.66. The van der Waals surface area contributed by atoms with E-state index in [2.05, 4.69) is 31.9 Å². The lowest BCUT2D eigenvalue weighted by molar-refractivity contribution is 0.0513. The number of esters is 1. The monoisotopic (exact) mass is 387 g/mol. The molecule has 0 amide bonds. The molecule has 1 N–H and O–H groups in total. The Hall–Kier alpha value is -1.27. The van der Waals surface area contributed by atoms with Gasteiger partial charge in [0, 0.05) is 5.69 Å². The Bertz CT molecular complexity index is 608. The fourth-order valence-electron chi connectivity index (χ4n) is 1.71. The summed E-state index contributed by atoms with van der Waals surface area (Å²) < 4.78 is 7.54. The molecule has 0 saturated heterocycles. The molecule has 0 aliphatic heterocycles. The van der Waals surface area contributed by atoms with Gasteiger partial charge in [0.15, 0.2) is 11.4 Å². The average Bonchev–Trinajstić information content (AvgIpc) is 2.64. The number of hydrogen-bond acceptors (Lipinski definition) is 3. The SMILES string of the molecule is CCOC(=O)c1c(O)c(Br)c(Br)n1-c1ccccc1. The molecule has 4 nitrogen and oxygen atoms in total. The third-order valence-electron chi connectivity index (χ3n) is 2.52. The van der Waals surface area contributed by atoms with Gasteiger partial charge in [-0.3, -0.25) is 4.57 Å². The van der Waals surface area contributed by atoms with Crippen LogP contribution in [0.1, 0.15) is 17.4 Å². The molecular formula is C13H11Br2NO3. The van der Waals surface area contributed by atoms with Crippen LogP contribution in [0.3, 0.4) is 0 Å². The van der Waals surface area contributed by atoms with E-state index in [-0.39, 0.29) is 18.1 Å². The molecule has 0 saturated carbocycles. The summed E-state index contributed by atoms with van der Waals surface area (Å²) in [5, 5.41) is 10.1. The molecule has 0 aliphatic rings. The highest BCUT2D eigenvalue weighted by molar-refractivity contribution is 9.13. The summed E-state index contributed by atoms with van der Waals surface area (Å²) in [6.45, 7) is 1.96. The van der Waals surface area contributed by atoms with E-state index in [1.165, 1.54) is 0 Å². The number of benzene rings is 1. The van der Waals surface area contributed by atoms with E-state index >= 15 is 0 Å². The zero-order chi connectivity index (χ0) is 14.0. The Morgan fingerprint density at radius 2 is 1.95 bits per heavy atom. The maximum Gasteiger partial charge on any atom is 0.359 e. The second-order valence-electron chi connectivity index (χ2n) is 3.69. The van der Waals surface area contributed by atoms with Crippen molar-refractivity contribution in [2.75, 3.05) is 6.61 Å². The molecule has 6 heteroatoms. The maximum absolute atomic E-state index is 12.0. The second kappa shape index (κ2) is 5.79. The first-order chi connectivity index (χ1) is 9.07. The standard InChI is InChI=1S/C13H11Br2NO3/c1-2-19-13(18)10-11(17)9(14)12(15)16(10)8-6-4-3-5-7-8/h3-7,17H,2H2,1H3. The normalized spacial score (nSPS) is 10.5. The molecule has 1 aromatic heterocycles. The Labute approximate surface area is 127 Å². The number of hydrogen-bond donors (Lipinski definition) is 1. The number of aromatic hydroxyl groups is 1. The predicted octanol–water partition coefficient (Wildman–Crippen LogP) is 3.88. The van der Waals surface area contributed by atoms with Crippen molar-refractivity contribution in [3.8, 4) is 11.4 Å². The summed E-state index contributed by atoms with van der Waals surface area (Å²) in [5.74, 6) is -0.718. The number of aromatic nitrogens is 1. The second-order valence-corrected chi connectivity index (χ2v) is 5.24. The number of nitrogens with zero attached hydrogens (tertiary/aromatic N) is 1. The van der Waals surface area contributed by atoms with Crippen molar-refractivity contribution in [2.24, 2.45) is 0 Å². The van der Waals surface area contributed by atoms with Crippen LogP contribution in [0.4, 0.5) is 0 Å².